The molecule has 60 heavy (non-hydrogen) atoms. The van der Waals surface area contributed by atoms with Gasteiger partial charge < -0.3 is 10.4 Å². The van der Waals surface area contributed by atoms with Gasteiger partial charge in [-0.25, -0.2) is 9.98 Å². The molecule has 6 N–H and O–H groups in total. The van der Waals surface area contributed by atoms with Crippen molar-refractivity contribution in [1.29, 1.82) is 0 Å². The van der Waals surface area contributed by atoms with Gasteiger partial charge in [-0.1, -0.05) is 23.8 Å². The van der Waals surface area contributed by atoms with Crippen LogP contribution in [0.3, 0.4) is 0 Å². The third-order valence-electron chi connectivity index (χ3n) is 8.19. The first kappa shape index (κ1) is 49.9. The summed E-state index contributed by atoms with van der Waals surface area (Å²) in [5.41, 5.74) is 1.64. The molecule has 26 heteroatoms. The largest absolute Gasteiger partial charge is 0.505 e. The van der Waals surface area contributed by atoms with E-state index in [0.717, 1.165) is 35.1 Å². The Morgan fingerprint density at radius 3 is 2.05 bits per heavy atom. The quantitative estimate of drug-likeness (QED) is 0.0534. The SMILES string of the molecule is Cc1ccc(N=Nc2c(S(=O)(=O)O)cc3cc(S(=O)(=O)O)cc(N=c4nc(Nc5ccc(-c6nc7ccc(C)c(S(=O)(=O)O)c7s6)cc5)nc(Cl)[nH]4)c3c2O)cc1.[Na].[Na].[Na]. The summed E-state index contributed by atoms with van der Waals surface area (Å²) >= 11 is 7.35. The zero-order valence-electron chi connectivity index (χ0n) is 31.9. The molecule has 0 bridgehead atoms. The molecule has 0 saturated heterocycles. The summed E-state index contributed by atoms with van der Waals surface area (Å²) in [6, 6.07) is 19.0. The molecule has 2 aromatic heterocycles. The summed E-state index contributed by atoms with van der Waals surface area (Å²) in [6.07, 6.45) is 0. The Kier molecular flexibility index (Phi) is 16.1. The van der Waals surface area contributed by atoms with Crippen LogP contribution in [0.25, 0.3) is 31.6 Å². The Balaban J connectivity index is 0.00000265. The molecule has 0 amide bonds. The van der Waals surface area contributed by atoms with E-state index in [9.17, 15) is 44.0 Å². The van der Waals surface area contributed by atoms with E-state index in [2.05, 4.69) is 40.5 Å². The van der Waals surface area contributed by atoms with Crippen molar-refractivity contribution < 1.29 is 44.0 Å². The maximum absolute atomic E-state index is 12.4. The Bertz CT molecular complexity index is 3250. The molecule has 5 aromatic carbocycles. The number of nitrogens with zero attached hydrogens (tertiary/aromatic N) is 6. The molecule has 0 unspecified atom stereocenters. The fourth-order valence-electron chi connectivity index (χ4n) is 5.61. The number of phenols is 1. The summed E-state index contributed by atoms with van der Waals surface area (Å²) in [7, 11) is -14.5. The molecule has 0 fully saturated rings. The number of aromatic nitrogens is 4. The molecule has 2 heterocycles. The Morgan fingerprint density at radius 1 is 0.767 bits per heavy atom. The van der Waals surface area contributed by atoms with E-state index in [1.807, 2.05) is 6.92 Å². The number of nitrogens with one attached hydrogen (secondary N) is 2. The monoisotopic (exact) mass is 937 g/mol. The zero-order chi connectivity index (χ0) is 41.0. The topological polar surface area (TPSA) is 287 Å². The van der Waals surface area contributed by atoms with Gasteiger partial charge in [-0.2, -0.15) is 40.3 Å². The first-order valence-corrected chi connectivity index (χ1v) is 21.5. The molecule has 295 valence electrons. The van der Waals surface area contributed by atoms with Gasteiger partial charge in [-0.15, -0.1) is 16.5 Å². The first-order valence-electron chi connectivity index (χ1n) is 16.0. The predicted octanol–water partition coefficient (Wildman–Crippen LogP) is 6.20. The number of H-pyrrole nitrogens is 1. The third kappa shape index (κ3) is 11.1. The van der Waals surface area contributed by atoms with Crippen LogP contribution in [0.5, 0.6) is 5.75 Å². The molecule has 0 spiro atoms. The van der Waals surface area contributed by atoms with E-state index in [4.69, 9.17) is 11.6 Å². The number of anilines is 2. The van der Waals surface area contributed by atoms with Gasteiger partial charge in [-0.3, -0.25) is 18.6 Å². The van der Waals surface area contributed by atoms with Crippen molar-refractivity contribution in [1.82, 2.24) is 19.9 Å². The van der Waals surface area contributed by atoms with E-state index in [0.29, 0.717) is 32.0 Å². The number of benzene rings is 5. The second kappa shape index (κ2) is 19.3. The van der Waals surface area contributed by atoms with Gasteiger partial charge in [0.25, 0.3) is 30.4 Å². The number of hydrogen-bond acceptors (Lipinski definition) is 15. The third-order valence-corrected chi connectivity index (χ3v) is 12.4. The maximum atomic E-state index is 12.4. The van der Waals surface area contributed by atoms with Gasteiger partial charge in [0.15, 0.2) is 5.75 Å². The van der Waals surface area contributed by atoms with E-state index in [1.165, 1.54) is 0 Å². The van der Waals surface area contributed by atoms with Crippen LogP contribution in [0, 0.1) is 13.8 Å². The van der Waals surface area contributed by atoms with Crippen LogP contribution >= 0.6 is 22.9 Å². The van der Waals surface area contributed by atoms with Crippen LogP contribution in [0.1, 0.15) is 11.1 Å². The molecule has 0 aliphatic rings. The molecular formula is C34H25ClN8Na3O10S4. The fourth-order valence-corrected chi connectivity index (χ4v) is 9.29. The van der Waals surface area contributed by atoms with Crippen molar-refractivity contribution in [3.8, 4) is 16.3 Å². The molecule has 0 aliphatic carbocycles. The normalized spacial score (nSPS) is 12.3. The minimum absolute atomic E-state index is 0. The van der Waals surface area contributed by atoms with E-state index in [1.54, 1.807) is 67.6 Å². The van der Waals surface area contributed by atoms with Gasteiger partial charge in [-0.05, 0) is 97.1 Å². The van der Waals surface area contributed by atoms with Crippen molar-refractivity contribution in [2.45, 2.75) is 28.5 Å². The number of halogens is 1. The Labute approximate surface area is 416 Å². The first-order chi connectivity index (χ1) is 26.7. The molecular weight excluding hydrogens is 913 g/mol. The van der Waals surface area contributed by atoms with E-state index >= 15 is 0 Å². The predicted molar refractivity (Wildman–Crippen MR) is 227 cm³/mol. The minimum atomic E-state index is -5.10. The summed E-state index contributed by atoms with van der Waals surface area (Å²) in [4.78, 5) is 17.9. The number of aromatic hydroxyl groups is 1. The van der Waals surface area contributed by atoms with Crippen LogP contribution < -0.4 is 10.9 Å². The number of hydrogen-bond donors (Lipinski definition) is 6. The number of phenolic OH excluding ortho intramolecular Hbond substituents is 1. The molecule has 0 atom stereocenters. The number of aromatic amines is 1. The van der Waals surface area contributed by atoms with Gasteiger partial charge in [0.2, 0.25) is 16.9 Å². The second-order valence-electron chi connectivity index (χ2n) is 12.3. The fraction of sp³-hybridized carbons (Fsp3) is 0.0588. The Morgan fingerprint density at radius 2 is 1.43 bits per heavy atom. The molecule has 7 rings (SSSR count). The molecule has 7 aromatic rings. The summed E-state index contributed by atoms with van der Waals surface area (Å²) < 4.78 is 104. The van der Waals surface area contributed by atoms with Crippen LogP contribution in [0.2, 0.25) is 5.28 Å². The van der Waals surface area contributed by atoms with Gasteiger partial charge in [0, 0.05) is 99.9 Å². The van der Waals surface area contributed by atoms with Crippen LogP contribution in [0.4, 0.5) is 28.7 Å². The maximum Gasteiger partial charge on any atom is 0.296 e. The number of thiazole rings is 1. The summed E-state index contributed by atoms with van der Waals surface area (Å²) in [6.45, 7) is 3.40. The van der Waals surface area contributed by atoms with Gasteiger partial charge >= 0.3 is 0 Å². The van der Waals surface area contributed by atoms with Crippen molar-refractivity contribution in [3.63, 3.8) is 0 Å². The minimum Gasteiger partial charge on any atom is -0.505 e. The van der Waals surface area contributed by atoms with Crippen molar-refractivity contribution in [2.75, 3.05) is 5.32 Å². The number of rotatable bonds is 9. The van der Waals surface area contributed by atoms with Crippen molar-refractivity contribution in [2.24, 2.45) is 15.2 Å². The van der Waals surface area contributed by atoms with Crippen LogP contribution in [0.15, 0.2) is 109 Å². The second-order valence-corrected chi connectivity index (χ2v) is 17.8. The Hall–Kier alpha value is -2.72. The van der Waals surface area contributed by atoms with Crippen molar-refractivity contribution >= 4 is 192 Å². The average Bonchev–Trinajstić information content (AvgIpc) is 3.54. The van der Waals surface area contributed by atoms with Crippen LogP contribution in [-0.4, -0.2) is 153 Å². The van der Waals surface area contributed by atoms with E-state index < -0.39 is 51.6 Å². The summed E-state index contributed by atoms with van der Waals surface area (Å²) in [5, 5.41) is 21.9. The standard InChI is InChI=1S/C34H25ClN8O10S4.3Na/c1-16-3-8-21(9-4-16)42-43-27-25(56(48,49)50)14-19-13-22(55(45,46)47)15-24(26(19)28(27)44)38-34-40-32(35)39-33(41-34)36-20-10-6-18(7-11-20)31-37-23-12-5-17(2)30(29(23)54-31)57(51,52)53;;;/h3-15,44H,1-2H3,(H,45,46,47)(H,48,49,50)(H,51,52,53)(H2,36,38,39,40,41);;;. The number of azo groups is 1. The van der Waals surface area contributed by atoms with Crippen molar-refractivity contribution in [3.05, 3.63) is 101 Å². The molecule has 3 radical (unpaired) electrons. The zero-order valence-corrected chi connectivity index (χ0v) is 42.0. The average molecular weight is 938 g/mol. The van der Waals surface area contributed by atoms with E-state index in [-0.39, 0.29) is 133 Å². The smallest absolute Gasteiger partial charge is 0.296 e. The number of fused-ring (bicyclic) bond motifs is 2. The van der Waals surface area contributed by atoms with Gasteiger partial charge in [0.05, 0.1) is 31.9 Å². The van der Waals surface area contributed by atoms with Crippen LogP contribution in [-0.2, 0) is 30.4 Å². The molecule has 0 aliphatic heterocycles. The molecule has 18 nitrogen and oxygen atoms in total. The summed E-state index contributed by atoms with van der Waals surface area (Å²) in [5.74, 6) is -0.980. The van der Waals surface area contributed by atoms with Gasteiger partial charge in [0.1, 0.15) is 20.5 Å². The number of aryl methyl sites for hydroxylation is 2. The molecule has 0 saturated carbocycles.